The van der Waals surface area contributed by atoms with Gasteiger partial charge in [-0.15, -0.1) is 0 Å². The van der Waals surface area contributed by atoms with Crippen LogP contribution < -0.4 is 5.32 Å². The number of furan rings is 2. The first kappa shape index (κ1) is 39.2. The van der Waals surface area contributed by atoms with Crippen LogP contribution in [0.2, 0.25) is 0 Å². The summed E-state index contributed by atoms with van der Waals surface area (Å²) in [5.74, 6) is 1.31. The summed E-state index contributed by atoms with van der Waals surface area (Å²) in [6.07, 6.45) is -0.558. The van der Waals surface area contributed by atoms with Crippen molar-refractivity contribution in [2.24, 2.45) is 9.98 Å². The maximum atomic E-state index is 6.91. The first-order valence-corrected chi connectivity index (χ1v) is 24.4. The van der Waals surface area contributed by atoms with Gasteiger partial charge in [0.05, 0.1) is 27.8 Å². The lowest BCUT2D eigenvalue weighted by Crippen LogP contribution is -2.34. The number of nitrogens with one attached hydrogen (secondary N) is 1. The molecule has 0 bridgehead atoms. The Morgan fingerprint density at radius 1 is 0.361 bits per heavy atom. The van der Waals surface area contributed by atoms with Crippen LogP contribution in [0.4, 0.5) is 0 Å². The summed E-state index contributed by atoms with van der Waals surface area (Å²) in [6.45, 7) is 0. The van der Waals surface area contributed by atoms with Gasteiger partial charge in [-0.1, -0.05) is 152 Å². The van der Waals surface area contributed by atoms with Crippen molar-refractivity contribution >= 4 is 121 Å². The predicted octanol–water partition coefficient (Wildman–Crippen LogP) is 16.5. The molecule has 1 N–H and O–H groups in total. The molecule has 1 unspecified atom stereocenters. The van der Waals surface area contributed by atoms with Crippen LogP contribution in [-0.2, 0) is 0 Å². The highest BCUT2D eigenvalue weighted by molar-refractivity contribution is 6.27. The monoisotopic (exact) mass is 921 g/mol. The van der Waals surface area contributed by atoms with Crippen LogP contribution in [0, 0.1) is 0 Å². The molecular weight excluding hydrogens is 883 g/mol. The quantitative estimate of drug-likeness (QED) is 0.187. The molecule has 0 saturated heterocycles. The summed E-state index contributed by atoms with van der Waals surface area (Å²) in [5.41, 5.74) is 12.5. The predicted molar refractivity (Wildman–Crippen MR) is 297 cm³/mol. The highest BCUT2D eigenvalue weighted by atomic mass is 16.3. The van der Waals surface area contributed by atoms with Gasteiger partial charge in [-0.3, -0.25) is 0 Å². The van der Waals surface area contributed by atoms with Gasteiger partial charge in [0, 0.05) is 71.5 Å². The van der Waals surface area contributed by atoms with Crippen molar-refractivity contribution in [3.05, 3.63) is 241 Å². The van der Waals surface area contributed by atoms with E-state index in [2.05, 4.69) is 215 Å². The van der Waals surface area contributed by atoms with Gasteiger partial charge in [0.25, 0.3) is 0 Å². The maximum Gasteiger partial charge on any atom is 0.160 e. The second-order valence-electron chi connectivity index (χ2n) is 18.9. The molecule has 1 atom stereocenters. The summed E-state index contributed by atoms with van der Waals surface area (Å²) in [7, 11) is 0. The molecule has 0 aliphatic carbocycles. The van der Waals surface area contributed by atoms with Gasteiger partial charge in [-0.05, 0) is 88.3 Å². The standard InChI is InChI=1S/C65H39N5O2/c1-2-19-41(20-3-1)69-51-27-11-8-22-44(51)60-47(25-14-28-52(60)69)63-66-64(48-26-15-31-57-61(48)45-23-9-12-29-55(45)71-57)68-65(67-63)50-36-42(37-58-62(50)46-24-10-13-30-56(46)72-58)70-53-33-32-38-16-6-7-21-43(38)59(53)49-34-39-17-4-5-18-40(39)35-54(49)70/h1-37,64H,(H,66,67,68). The van der Waals surface area contributed by atoms with Crippen LogP contribution in [0.3, 0.4) is 0 Å². The van der Waals surface area contributed by atoms with Gasteiger partial charge in [0.15, 0.2) is 5.84 Å². The molecule has 15 aromatic rings. The average Bonchev–Trinajstić information content (AvgIpc) is 4.20. The second-order valence-corrected chi connectivity index (χ2v) is 18.9. The van der Waals surface area contributed by atoms with Crippen molar-refractivity contribution in [1.82, 2.24) is 14.5 Å². The molecule has 0 amide bonds. The van der Waals surface area contributed by atoms with Crippen molar-refractivity contribution in [3.8, 4) is 11.4 Å². The fourth-order valence-electron chi connectivity index (χ4n) is 11.9. The van der Waals surface area contributed by atoms with E-state index < -0.39 is 6.17 Å². The maximum absolute atomic E-state index is 6.91. The second kappa shape index (κ2) is 14.9. The van der Waals surface area contributed by atoms with Crippen molar-refractivity contribution in [2.75, 3.05) is 0 Å². The molecule has 0 radical (unpaired) electrons. The van der Waals surface area contributed by atoms with E-state index in [-0.39, 0.29) is 0 Å². The lowest BCUT2D eigenvalue weighted by molar-refractivity contribution is 0.662. The number of hydrogen-bond acceptors (Lipinski definition) is 5. The van der Waals surface area contributed by atoms with E-state index in [1.54, 1.807) is 0 Å². The van der Waals surface area contributed by atoms with Crippen LogP contribution in [-0.4, -0.2) is 20.8 Å². The number of nitrogens with zero attached hydrogens (tertiary/aromatic N) is 4. The number of aromatic nitrogens is 2. The topological polar surface area (TPSA) is 72.9 Å². The molecule has 5 heterocycles. The van der Waals surface area contributed by atoms with E-state index in [0.717, 1.165) is 105 Å². The molecular formula is C65H39N5O2. The van der Waals surface area contributed by atoms with Crippen molar-refractivity contribution < 1.29 is 8.83 Å². The van der Waals surface area contributed by atoms with Crippen LogP contribution in [0.25, 0.3) is 120 Å². The number of aliphatic imine (C=N–C) groups is 2. The Balaban J connectivity index is 1.00. The third-order valence-corrected chi connectivity index (χ3v) is 14.9. The number of fused-ring (bicyclic) bond motifs is 15. The molecule has 336 valence electrons. The van der Waals surface area contributed by atoms with E-state index in [1.165, 1.54) is 32.3 Å². The summed E-state index contributed by atoms with van der Waals surface area (Å²) in [6, 6.07) is 79.6. The van der Waals surface area contributed by atoms with Crippen molar-refractivity contribution in [3.63, 3.8) is 0 Å². The van der Waals surface area contributed by atoms with Gasteiger partial charge in [-0.2, -0.15) is 0 Å². The Kier molecular flexibility index (Phi) is 8.10. The Morgan fingerprint density at radius 3 is 1.82 bits per heavy atom. The highest BCUT2D eigenvalue weighted by Crippen LogP contribution is 2.43. The Labute approximate surface area is 410 Å². The summed E-state index contributed by atoms with van der Waals surface area (Å²) in [4.78, 5) is 11.4. The molecule has 11 aromatic carbocycles. The molecule has 1 aliphatic heterocycles. The van der Waals surface area contributed by atoms with Crippen molar-refractivity contribution in [1.29, 1.82) is 0 Å². The number of hydrogen-bond donors (Lipinski definition) is 1. The smallest absolute Gasteiger partial charge is 0.160 e. The van der Waals surface area contributed by atoms with Gasteiger partial charge in [0.1, 0.15) is 34.3 Å². The first-order chi connectivity index (χ1) is 35.7. The largest absolute Gasteiger partial charge is 0.456 e. The zero-order valence-corrected chi connectivity index (χ0v) is 38.5. The van der Waals surface area contributed by atoms with Crippen molar-refractivity contribution in [2.45, 2.75) is 6.17 Å². The summed E-state index contributed by atoms with van der Waals surface area (Å²) >= 11 is 0. The number of para-hydroxylation sites is 4. The molecule has 4 aromatic heterocycles. The lowest BCUT2D eigenvalue weighted by atomic mass is 10.00. The highest BCUT2D eigenvalue weighted by Gasteiger charge is 2.29. The third kappa shape index (κ3) is 5.61. The molecule has 7 heteroatoms. The number of benzene rings is 11. The van der Waals surface area contributed by atoms with Gasteiger partial charge in [-0.25, -0.2) is 9.98 Å². The zero-order valence-electron chi connectivity index (χ0n) is 38.5. The minimum absolute atomic E-state index is 0.558. The fraction of sp³-hybridized carbons (Fsp3) is 0.0154. The molecule has 7 nitrogen and oxygen atoms in total. The van der Waals surface area contributed by atoms with E-state index in [1.807, 2.05) is 24.3 Å². The molecule has 1 aliphatic rings. The van der Waals surface area contributed by atoms with Crippen LogP contribution in [0.15, 0.2) is 243 Å². The van der Waals surface area contributed by atoms with Gasteiger partial charge < -0.3 is 23.3 Å². The molecule has 0 spiro atoms. The molecule has 0 fully saturated rings. The van der Waals surface area contributed by atoms with Gasteiger partial charge >= 0.3 is 0 Å². The summed E-state index contributed by atoms with van der Waals surface area (Å²) < 4.78 is 18.2. The average molecular weight is 922 g/mol. The Bertz CT molecular complexity index is 4850. The molecule has 0 saturated carbocycles. The van der Waals surface area contributed by atoms with E-state index in [4.69, 9.17) is 18.8 Å². The number of rotatable bonds is 5. The number of amidine groups is 2. The Morgan fingerprint density at radius 2 is 0.986 bits per heavy atom. The fourth-order valence-corrected chi connectivity index (χ4v) is 11.9. The normalized spacial score (nSPS) is 14.2. The van der Waals surface area contributed by atoms with Crippen LogP contribution in [0.1, 0.15) is 22.9 Å². The Hall–Kier alpha value is -9.72. The van der Waals surface area contributed by atoms with Crippen LogP contribution >= 0.6 is 0 Å². The third-order valence-electron chi connectivity index (χ3n) is 14.9. The van der Waals surface area contributed by atoms with E-state index >= 15 is 0 Å². The van der Waals surface area contributed by atoms with Crippen LogP contribution in [0.5, 0.6) is 0 Å². The first-order valence-electron chi connectivity index (χ1n) is 24.4. The summed E-state index contributed by atoms with van der Waals surface area (Å²) in [5, 5.41) is 17.4. The zero-order chi connectivity index (χ0) is 47.0. The SMILES string of the molecule is c1ccc(-n2c3ccccc3c3c(C4=NC(c5cccc6oc7ccccc7c56)NC(c5cc(-n6c7cc8ccccc8cc7c7c8ccccc8ccc76)cc6oc7ccccc7c56)=N4)cccc32)cc1. The lowest BCUT2D eigenvalue weighted by Gasteiger charge is -2.25. The van der Waals surface area contributed by atoms with E-state index in [0.29, 0.717) is 11.7 Å². The minimum atomic E-state index is -0.558. The molecule has 72 heavy (non-hydrogen) atoms. The van der Waals surface area contributed by atoms with E-state index in [9.17, 15) is 0 Å². The minimum Gasteiger partial charge on any atom is -0.456 e. The molecule has 16 rings (SSSR count). The van der Waals surface area contributed by atoms with Gasteiger partial charge in [0.2, 0.25) is 0 Å².